The topological polar surface area (TPSA) is 20.2 Å². The van der Waals surface area contributed by atoms with E-state index in [4.69, 9.17) is 0 Å². The van der Waals surface area contributed by atoms with Crippen molar-refractivity contribution in [3.8, 4) is 0 Å². The maximum absolute atomic E-state index is 9.72. The smallest absolute Gasteiger partial charge is 0.0772 e. The fraction of sp³-hybridized carbons (Fsp3) is 0.571. The molecule has 0 unspecified atom stereocenters. The van der Waals surface area contributed by atoms with E-state index >= 15 is 0 Å². The number of hydrogen-bond donors (Lipinski definition) is 1. The maximum Gasteiger partial charge on any atom is 0.0772 e. The normalized spacial score (nSPS) is 19.6. The van der Waals surface area contributed by atoms with E-state index in [0.717, 1.165) is 10.8 Å². The van der Waals surface area contributed by atoms with Gasteiger partial charge in [0.05, 0.1) is 6.10 Å². The summed E-state index contributed by atoms with van der Waals surface area (Å²) in [5, 5.41) is 10.5. The van der Waals surface area contributed by atoms with Gasteiger partial charge in [-0.1, -0.05) is 37.5 Å². The van der Waals surface area contributed by atoms with E-state index in [-0.39, 0.29) is 6.10 Å². The van der Waals surface area contributed by atoms with Crippen molar-refractivity contribution in [1.29, 1.82) is 0 Å². The Balaban J connectivity index is 2.07. The first-order valence-corrected chi connectivity index (χ1v) is 7.09. The number of thioether (sulfide) groups is 1. The van der Waals surface area contributed by atoms with Gasteiger partial charge in [0.1, 0.15) is 0 Å². The Morgan fingerprint density at radius 3 is 2.56 bits per heavy atom. The quantitative estimate of drug-likeness (QED) is 0.850. The molecule has 0 amide bonds. The highest BCUT2D eigenvalue weighted by molar-refractivity contribution is 8.00. The minimum Gasteiger partial charge on any atom is -0.389 e. The summed E-state index contributed by atoms with van der Waals surface area (Å²) in [6.45, 7) is 1.85. The zero-order valence-corrected chi connectivity index (χ0v) is 10.7. The Labute approximate surface area is 102 Å². The molecule has 0 spiro atoms. The van der Waals surface area contributed by atoms with Crippen molar-refractivity contribution in [2.75, 3.05) is 0 Å². The van der Waals surface area contributed by atoms with Crippen LogP contribution in [0.5, 0.6) is 0 Å². The zero-order chi connectivity index (χ0) is 11.4. The lowest BCUT2D eigenvalue weighted by Gasteiger charge is -2.22. The van der Waals surface area contributed by atoms with Gasteiger partial charge >= 0.3 is 0 Å². The van der Waals surface area contributed by atoms with E-state index in [1.165, 1.54) is 37.0 Å². The summed E-state index contributed by atoms with van der Waals surface area (Å²) in [6, 6.07) is 8.25. The molecule has 1 aromatic carbocycles. The third-order valence-electron chi connectivity index (χ3n) is 3.21. The molecule has 1 N–H and O–H groups in total. The Bertz CT molecular complexity index is 329. The van der Waals surface area contributed by atoms with E-state index < -0.39 is 0 Å². The van der Waals surface area contributed by atoms with Crippen molar-refractivity contribution < 1.29 is 5.11 Å². The standard InChI is InChI=1S/C14H20OS/c1-11(15)13-9-5-6-10-14(13)16-12-7-3-2-4-8-12/h5-6,9-12,15H,2-4,7-8H2,1H3/t11-/m0/s1. The molecule has 16 heavy (non-hydrogen) atoms. The van der Waals surface area contributed by atoms with Gasteiger partial charge in [0.25, 0.3) is 0 Å². The predicted molar refractivity (Wildman–Crippen MR) is 69.8 cm³/mol. The van der Waals surface area contributed by atoms with Gasteiger partial charge in [-0.3, -0.25) is 0 Å². The number of aliphatic hydroxyl groups excluding tert-OH is 1. The number of aliphatic hydroxyl groups is 1. The maximum atomic E-state index is 9.72. The number of benzene rings is 1. The molecule has 88 valence electrons. The van der Waals surface area contributed by atoms with Crippen molar-refractivity contribution in [3.63, 3.8) is 0 Å². The largest absolute Gasteiger partial charge is 0.389 e. The van der Waals surface area contributed by atoms with Crippen molar-refractivity contribution in [1.82, 2.24) is 0 Å². The molecule has 1 nitrogen and oxygen atoms in total. The van der Waals surface area contributed by atoms with Gasteiger partial charge < -0.3 is 5.11 Å². The molecule has 1 aliphatic rings. The molecule has 0 aliphatic heterocycles. The summed E-state index contributed by atoms with van der Waals surface area (Å²) in [7, 11) is 0. The first kappa shape index (κ1) is 12.0. The first-order chi connectivity index (χ1) is 7.77. The van der Waals surface area contributed by atoms with Crippen LogP contribution in [-0.4, -0.2) is 10.4 Å². The van der Waals surface area contributed by atoms with Crippen LogP contribution in [0.15, 0.2) is 29.2 Å². The van der Waals surface area contributed by atoms with Crippen LogP contribution in [0.2, 0.25) is 0 Å². The number of hydrogen-bond acceptors (Lipinski definition) is 2. The third-order valence-corrected chi connectivity index (χ3v) is 4.65. The first-order valence-electron chi connectivity index (χ1n) is 6.21. The second-order valence-corrected chi connectivity index (χ2v) is 5.93. The highest BCUT2D eigenvalue weighted by atomic mass is 32.2. The van der Waals surface area contributed by atoms with Crippen LogP contribution in [0.3, 0.4) is 0 Å². The minimum atomic E-state index is -0.354. The highest BCUT2D eigenvalue weighted by Gasteiger charge is 2.17. The van der Waals surface area contributed by atoms with Crippen molar-refractivity contribution in [3.05, 3.63) is 29.8 Å². The van der Waals surface area contributed by atoms with E-state index in [0.29, 0.717) is 0 Å². The van der Waals surface area contributed by atoms with Gasteiger partial charge in [-0.05, 0) is 31.4 Å². The zero-order valence-electron chi connectivity index (χ0n) is 9.86. The molecule has 2 rings (SSSR count). The van der Waals surface area contributed by atoms with Crippen LogP contribution in [0.25, 0.3) is 0 Å². The van der Waals surface area contributed by atoms with Crippen LogP contribution in [-0.2, 0) is 0 Å². The van der Waals surface area contributed by atoms with Crippen LogP contribution in [0.1, 0.15) is 50.7 Å². The molecular formula is C14H20OS. The molecule has 1 atom stereocenters. The Morgan fingerprint density at radius 1 is 1.19 bits per heavy atom. The van der Waals surface area contributed by atoms with E-state index in [9.17, 15) is 5.11 Å². The van der Waals surface area contributed by atoms with Gasteiger partial charge in [-0.25, -0.2) is 0 Å². The van der Waals surface area contributed by atoms with Crippen LogP contribution in [0.4, 0.5) is 0 Å². The Kier molecular flexibility index (Phi) is 4.30. The second kappa shape index (κ2) is 5.74. The van der Waals surface area contributed by atoms with Gasteiger partial charge in [0, 0.05) is 10.1 Å². The molecule has 0 bridgehead atoms. The summed E-state index contributed by atoms with van der Waals surface area (Å²) >= 11 is 1.96. The van der Waals surface area contributed by atoms with E-state index in [1.54, 1.807) is 0 Å². The highest BCUT2D eigenvalue weighted by Crippen LogP contribution is 2.36. The average Bonchev–Trinajstić information content (AvgIpc) is 2.31. The fourth-order valence-corrected chi connectivity index (χ4v) is 3.76. The van der Waals surface area contributed by atoms with Crippen molar-refractivity contribution in [2.24, 2.45) is 0 Å². The van der Waals surface area contributed by atoms with E-state index in [1.807, 2.05) is 30.8 Å². The van der Waals surface area contributed by atoms with Gasteiger partial charge in [0.15, 0.2) is 0 Å². The van der Waals surface area contributed by atoms with E-state index in [2.05, 4.69) is 12.1 Å². The van der Waals surface area contributed by atoms with Crippen molar-refractivity contribution in [2.45, 2.75) is 55.3 Å². The van der Waals surface area contributed by atoms with Crippen molar-refractivity contribution >= 4 is 11.8 Å². The minimum absolute atomic E-state index is 0.354. The summed E-state index contributed by atoms with van der Waals surface area (Å²) in [6.07, 6.45) is 6.45. The molecule has 0 aromatic heterocycles. The monoisotopic (exact) mass is 236 g/mol. The summed E-state index contributed by atoms with van der Waals surface area (Å²) in [5.41, 5.74) is 1.08. The molecule has 1 fully saturated rings. The molecular weight excluding hydrogens is 216 g/mol. The molecule has 1 aliphatic carbocycles. The molecule has 1 saturated carbocycles. The average molecular weight is 236 g/mol. The summed E-state index contributed by atoms with van der Waals surface area (Å²) in [4.78, 5) is 1.27. The molecule has 0 radical (unpaired) electrons. The Morgan fingerprint density at radius 2 is 1.88 bits per heavy atom. The summed E-state index contributed by atoms with van der Waals surface area (Å²) in [5.74, 6) is 0. The predicted octanol–water partition coefficient (Wildman–Crippen LogP) is 4.16. The fourth-order valence-electron chi connectivity index (χ4n) is 2.30. The Hall–Kier alpha value is -0.470. The van der Waals surface area contributed by atoms with Gasteiger partial charge in [-0.15, -0.1) is 11.8 Å². The molecule has 0 heterocycles. The third kappa shape index (κ3) is 3.02. The molecule has 2 heteroatoms. The van der Waals surface area contributed by atoms with Crippen LogP contribution >= 0.6 is 11.8 Å². The van der Waals surface area contributed by atoms with Gasteiger partial charge in [0.2, 0.25) is 0 Å². The van der Waals surface area contributed by atoms with Crippen LogP contribution in [0, 0.1) is 0 Å². The lowest BCUT2D eigenvalue weighted by molar-refractivity contribution is 0.196. The molecule has 1 aromatic rings. The number of rotatable bonds is 3. The lowest BCUT2D eigenvalue weighted by atomic mass is 10.0. The summed E-state index contributed by atoms with van der Waals surface area (Å²) < 4.78 is 0. The second-order valence-electron chi connectivity index (χ2n) is 4.59. The lowest BCUT2D eigenvalue weighted by Crippen LogP contribution is -2.08. The molecule has 0 saturated heterocycles. The van der Waals surface area contributed by atoms with Crippen LogP contribution < -0.4 is 0 Å². The SMILES string of the molecule is C[C@H](O)c1ccccc1SC1CCCCC1. The van der Waals surface area contributed by atoms with Gasteiger partial charge in [-0.2, -0.15) is 0 Å².